The Morgan fingerprint density at radius 3 is 2.86 bits per heavy atom. The number of hydrogen-bond donors (Lipinski definition) is 1. The highest BCUT2D eigenvalue weighted by Crippen LogP contribution is 2.21. The van der Waals surface area contributed by atoms with E-state index in [1.807, 2.05) is 36.0 Å². The third kappa shape index (κ3) is 3.27. The fourth-order valence-corrected chi connectivity index (χ4v) is 2.79. The number of anilines is 1. The molecule has 22 heavy (non-hydrogen) atoms. The lowest BCUT2D eigenvalue weighted by atomic mass is 10.2. The van der Waals surface area contributed by atoms with Crippen molar-refractivity contribution in [1.29, 1.82) is 0 Å². The standard InChI is InChI=1S/C16H21N5O/c1-13(12-21-11-5-8-18-21)19-16(22)14-6-4-7-17-15(14)20-9-2-3-10-20/h4-8,11,13H,2-3,9-10,12H2,1H3,(H,19,22)/t13-/m0/s1. The maximum Gasteiger partial charge on any atom is 0.255 e. The van der Waals surface area contributed by atoms with Crippen LogP contribution in [0, 0.1) is 0 Å². The summed E-state index contributed by atoms with van der Waals surface area (Å²) >= 11 is 0. The molecule has 0 radical (unpaired) electrons. The number of pyridine rings is 1. The Morgan fingerprint density at radius 2 is 2.14 bits per heavy atom. The summed E-state index contributed by atoms with van der Waals surface area (Å²) in [6.07, 6.45) is 7.70. The molecule has 1 aliphatic rings. The monoisotopic (exact) mass is 299 g/mol. The van der Waals surface area contributed by atoms with E-state index in [1.165, 1.54) is 0 Å². The molecule has 0 aliphatic carbocycles. The summed E-state index contributed by atoms with van der Waals surface area (Å²) in [7, 11) is 0. The number of rotatable bonds is 5. The van der Waals surface area contributed by atoms with Crippen molar-refractivity contribution in [2.24, 2.45) is 0 Å². The van der Waals surface area contributed by atoms with Crippen molar-refractivity contribution >= 4 is 11.7 Å². The third-order valence-electron chi connectivity index (χ3n) is 3.83. The second-order valence-corrected chi connectivity index (χ2v) is 5.67. The van der Waals surface area contributed by atoms with Gasteiger partial charge in [0.25, 0.3) is 5.91 Å². The highest BCUT2D eigenvalue weighted by Gasteiger charge is 2.21. The molecule has 0 bridgehead atoms. The molecular formula is C16H21N5O. The van der Waals surface area contributed by atoms with E-state index in [-0.39, 0.29) is 11.9 Å². The first-order chi connectivity index (χ1) is 10.7. The summed E-state index contributed by atoms with van der Waals surface area (Å²) in [4.78, 5) is 19.2. The van der Waals surface area contributed by atoms with Gasteiger partial charge in [0.05, 0.1) is 12.1 Å². The number of nitrogens with zero attached hydrogens (tertiary/aromatic N) is 4. The largest absolute Gasteiger partial charge is 0.356 e. The van der Waals surface area contributed by atoms with E-state index in [4.69, 9.17) is 0 Å². The molecule has 3 rings (SSSR count). The Kier molecular flexibility index (Phi) is 4.37. The van der Waals surface area contributed by atoms with Gasteiger partial charge in [0.15, 0.2) is 0 Å². The zero-order valence-electron chi connectivity index (χ0n) is 12.8. The predicted molar refractivity (Wildman–Crippen MR) is 84.8 cm³/mol. The van der Waals surface area contributed by atoms with Crippen molar-refractivity contribution in [2.45, 2.75) is 32.4 Å². The second-order valence-electron chi connectivity index (χ2n) is 5.67. The molecule has 1 saturated heterocycles. The number of amides is 1. The van der Waals surface area contributed by atoms with Gasteiger partial charge < -0.3 is 10.2 Å². The van der Waals surface area contributed by atoms with Crippen molar-refractivity contribution in [3.63, 3.8) is 0 Å². The third-order valence-corrected chi connectivity index (χ3v) is 3.83. The Balaban J connectivity index is 1.69. The Bertz CT molecular complexity index is 619. The molecule has 1 fully saturated rings. The topological polar surface area (TPSA) is 63.1 Å². The first-order valence-corrected chi connectivity index (χ1v) is 7.72. The van der Waals surface area contributed by atoms with Gasteiger partial charge in [0.1, 0.15) is 5.82 Å². The van der Waals surface area contributed by atoms with Crippen LogP contribution in [0.25, 0.3) is 0 Å². The quantitative estimate of drug-likeness (QED) is 0.912. The van der Waals surface area contributed by atoms with E-state index in [9.17, 15) is 4.79 Å². The molecule has 0 unspecified atom stereocenters. The molecule has 3 heterocycles. The van der Waals surface area contributed by atoms with Crippen LogP contribution in [0.2, 0.25) is 0 Å². The van der Waals surface area contributed by atoms with E-state index in [2.05, 4.69) is 20.3 Å². The minimum atomic E-state index is -0.0744. The van der Waals surface area contributed by atoms with Crippen LogP contribution in [0.5, 0.6) is 0 Å². The molecule has 2 aromatic rings. The highest BCUT2D eigenvalue weighted by atomic mass is 16.1. The summed E-state index contributed by atoms with van der Waals surface area (Å²) in [6, 6.07) is 5.53. The Labute approximate surface area is 130 Å². The van der Waals surface area contributed by atoms with Gasteiger partial charge in [-0.2, -0.15) is 5.10 Å². The molecule has 1 aliphatic heterocycles. The Morgan fingerprint density at radius 1 is 1.32 bits per heavy atom. The lowest BCUT2D eigenvalue weighted by molar-refractivity contribution is 0.0936. The lowest BCUT2D eigenvalue weighted by Gasteiger charge is -2.20. The number of carbonyl (C=O) groups is 1. The maximum atomic E-state index is 12.6. The molecule has 1 atom stereocenters. The summed E-state index contributed by atoms with van der Waals surface area (Å²) in [5.41, 5.74) is 0.650. The fraction of sp³-hybridized carbons (Fsp3) is 0.438. The fourth-order valence-electron chi connectivity index (χ4n) is 2.79. The van der Waals surface area contributed by atoms with Gasteiger partial charge in [-0.15, -0.1) is 0 Å². The number of aromatic nitrogens is 3. The van der Waals surface area contributed by atoms with Crippen LogP contribution in [0.3, 0.4) is 0 Å². The summed E-state index contributed by atoms with van der Waals surface area (Å²) in [5.74, 6) is 0.721. The highest BCUT2D eigenvalue weighted by molar-refractivity contribution is 5.99. The van der Waals surface area contributed by atoms with Crippen LogP contribution in [0.15, 0.2) is 36.8 Å². The van der Waals surface area contributed by atoms with E-state index in [0.717, 1.165) is 31.7 Å². The van der Waals surface area contributed by atoms with Gasteiger partial charge in [-0.1, -0.05) is 0 Å². The molecule has 6 heteroatoms. The van der Waals surface area contributed by atoms with Crippen molar-refractivity contribution < 1.29 is 4.79 Å². The van der Waals surface area contributed by atoms with Gasteiger partial charge in [-0.05, 0) is 38.0 Å². The minimum absolute atomic E-state index is 0.000894. The smallest absolute Gasteiger partial charge is 0.255 e. The molecule has 1 amide bonds. The molecule has 0 aromatic carbocycles. The molecular weight excluding hydrogens is 278 g/mol. The molecule has 116 valence electrons. The van der Waals surface area contributed by atoms with Gasteiger partial charge in [-0.3, -0.25) is 9.48 Å². The predicted octanol–water partition coefficient (Wildman–Crippen LogP) is 1.70. The average Bonchev–Trinajstić information content (AvgIpc) is 3.20. The van der Waals surface area contributed by atoms with Crippen molar-refractivity contribution in [3.8, 4) is 0 Å². The summed E-state index contributed by atoms with van der Waals surface area (Å²) < 4.78 is 1.82. The minimum Gasteiger partial charge on any atom is -0.356 e. The summed E-state index contributed by atoms with van der Waals surface area (Å²) in [5, 5.41) is 7.19. The zero-order chi connectivity index (χ0) is 15.4. The molecule has 0 spiro atoms. The number of carbonyl (C=O) groups excluding carboxylic acids is 1. The SMILES string of the molecule is C[C@@H](Cn1cccn1)NC(=O)c1cccnc1N1CCCC1. The number of nitrogens with one attached hydrogen (secondary N) is 1. The molecule has 6 nitrogen and oxygen atoms in total. The van der Waals surface area contributed by atoms with Crippen molar-refractivity contribution in [1.82, 2.24) is 20.1 Å². The molecule has 1 N–H and O–H groups in total. The van der Waals surface area contributed by atoms with Crippen LogP contribution >= 0.6 is 0 Å². The Hall–Kier alpha value is -2.37. The van der Waals surface area contributed by atoms with Crippen LogP contribution in [-0.4, -0.2) is 39.8 Å². The summed E-state index contributed by atoms with van der Waals surface area (Å²) in [6.45, 7) is 4.57. The van der Waals surface area contributed by atoms with Crippen LogP contribution < -0.4 is 10.2 Å². The second kappa shape index (κ2) is 6.60. The van der Waals surface area contributed by atoms with Crippen LogP contribution in [-0.2, 0) is 6.54 Å². The van der Waals surface area contributed by atoms with Crippen molar-refractivity contribution in [2.75, 3.05) is 18.0 Å². The van der Waals surface area contributed by atoms with Crippen molar-refractivity contribution in [3.05, 3.63) is 42.4 Å². The first-order valence-electron chi connectivity index (χ1n) is 7.72. The molecule has 0 saturated carbocycles. The van der Waals surface area contributed by atoms with E-state index in [1.54, 1.807) is 12.4 Å². The lowest BCUT2D eigenvalue weighted by Crippen LogP contribution is -2.37. The van der Waals surface area contributed by atoms with E-state index < -0.39 is 0 Å². The van der Waals surface area contributed by atoms with Gasteiger partial charge in [-0.25, -0.2) is 4.98 Å². The van der Waals surface area contributed by atoms with Crippen LogP contribution in [0.4, 0.5) is 5.82 Å². The average molecular weight is 299 g/mol. The molecule has 2 aromatic heterocycles. The maximum absolute atomic E-state index is 12.6. The van der Waals surface area contributed by atoms with Gasteiger partial charge >= 0.3 is 0 Å². The zero-order valence-corrected chi connectivity index (χ0v) is 12.8. The van der Waals surface area contributed by atoms with Crippen LogP contribution in [0.1, 0.15) is 30.1 Å². The normalized spacial score (nSPS) is 15.8. The van der Waals surface area contributed by atoms with Gasteiger partial charge in [0.2, 0.25) is 0 Å². The van der Waals surface area contributed by atoms with E-state index in [0.29, 0.717) is 12.1 Å². The van der Waals surface area contributed by atoms with E-state index >= 15 is 0 Å². The number of hydrogen-bond acceptors (Lipinski definition) is 4. The first kappa shape index (κ1) is 14.6. The van der Waals surface area contributed by atoms with Gasteiger partial charge in [0, 0.05) is 37.7 Å².